The summed E-state index contributed by atoms with van der Waals surface area (Å²) in [7, 11) is 1.51. The van der Waals surface area contributed by atoms with Gasteiger partial charge in [0.1, 0.15) is 5.00 Å². The molecule has 0 bridgehead atoms. The summed E-state index contributed by atoms with van der Waals surface area (Å²) in [5.74, 6) is 0.198. The van der Waals surface area contributed by atoms with Crippen molar-refractivity contribution in [3.63, 3.8) is 0 Å². The van der Waals surface area contributed by atoms with E-state index in [2.05, 4.69) is 10.6 Å². The second kappa shape index (κ2) is 8.95. The highest BCUT2D eigenvalue weighted by Gasteiger charge is 2.26. The van der Waals surface area contributed by atoms with Crippen molar-refractivity contribution in [2.75, 3.05) is 25.8 Å². The zero-order chi connectivity index (χ0) is 21.0. The first-order chi connectivity index (χ1) is 13.9. The molecule has 29 heavy (non-hydrogen) atoms. The number of nitrogens with one attached hydrogen (secondary N) is 2. The molecular weight excluding hydrogens is 396 g/mol. The van der Waals surface area contributed by atoms with Crippen LogP contribution in [0.5, 0.6) is 11.5 Å². The topological polar surface area (TPSA) is 103 Å². The number of thiophene rings is 1. The average molecular weight is 418 g/mol. The van der Waals surface area contributed by atoms with E-state index in [9.17, 15) is 14.4 Å². The molecule has 1 aromatic carbocycles. The van der Waals surface area contributed by atoms with Crippen LogP contribution in [0.15, 0.2) is 18.2 Å². The van der Waals surface area contributed by atoms with Gasteiger partial charge in [0.05, 0.1) is 17.0 Å². The van der Waals surface area contributed by atoms with Gasteiger partial charge in [0.25, 0.3) is 5.91 Å². The molecule has 1 aliphatic rings. The summed E-state index contributed by atoms with van der Waals surface area (Å²) in [5.41, 5.74) is 1.63. The Morgan fingerprint density at radius 1 is 1.21 bits per heavy atom. The van der Waals surface area contributed by atoms with Crippen LogP contribution in [0.4, 0.5) is 5.00 Å². The van der Waals surface area contributed by atoms with Crippen LogP contribution in [-0.4, -0.2) is 38.2 Å². The first-order valence-electron chi connectivity index (χ1n) is 9.15. The number of rotatable bonds is 7. The molecule has 3 rings (SSSR count). The fourth-order valence-electron chi connectivity index (χ4n) is 2.92. The molecule has 1 aliphatic heterocycles. The predicted molar refractivity (Wildman–Crippen MR) is 108 cm³/mol. The van der Waals surface area contributed by atoms with E-state index < -0.39 is 5.97 Å². The van der Waals surface area contributed by atoms with E-state index in [1.807, 2.05) is 18.2 Å². The van der Waals surface area contributed by atoms with E-state index in [4.69, 9.17) is 14.2 Å². The number of carbonyl (C=O) groups excluding carboxylic acids is 3. The molecule has 0 spiro atoms. The standard InChI is InChI=1S/C20H22N2O6S/c1-4-26-20(25)16-11(2)17(18(24)21-3)29-19(16)22-15(23)8-6-12-5-7-13-14(9-12)28-10-27-13/h5,7,9H,4,6,8,10H2,1-3H3,(H,21,24)(H,22,23). The minimum Gasteiger partial charge on any atom is -0.462 e. The molecule has 9 heteroatoms. The van der Waals surface area contributed by atoms with Gasteiger partial charge in [-0.25, -0.2) is 4.79 Å². The Morgan fingerprint density at radius 3 is 2.69 bits per heavy atom. The fourth-order valence-corrected chi connectivity index (χ4v) is 4.08. The highest BCUT2D eigenvalue weighted by molar-refractivity contribution is 7.18. The van der Waals surface area contributed by atoms with Crippen molar-refractivity contribution in [3.8, 4) is 11.5 Å². The molecular formula is C20H22N2O6S. The molecule has 0 atom stereocenters. The molecule has 0 saturated carbocycles. The normalized spacial score (nSPS) is 11.8. The highest BCUT2D eigenvalue weighted by Crippen LogP contribution is 2.35. The van der Waals surface area contributed by atoms with Crippen LogP contribution in [0.2, 0.25) is 0 Å². The van der Waals surface area contributed by atoms with E-state index in [0.29, 0.717) is 33.4 Å². The van der Waals surface area contributed by atoms with E-state index >= 15 is 0 Å². The van der Waals surface area contributed by atoms with Crippen LogP contribution in [0.25, 0.3) is 0 Å². The van der Waals surface area contributed by atoms with Gasteiger partial charge in [-0.2, -0.15) is 0 Å². The number of ether oxygens (including phenoxy) is 3. The Balaban J connectivity index is 1.73. The molecule has 1 aromatic heterocycles. The van der Waals surface area contributed by atoms with Crippen molar-refractivity contribution >= 4 is 34.1 Å². The molecule has 0 aliphatic carbocycles. The SMILES string of the molecule is CCOC(=O)c1c(NC(=O)CCc2ccc3c(c2)OCO3)sc(C(=O)NC)c1C. The second-order valence-electron chi connectivity index (χ2n) is 6.30. The highest BCUT2D eigenvalue weighted by atomic mass is 32.1. The number of anilines is 1. The lowest BCUT2D eigenvalue weighted by atomic mass is 10.1. The quantitative estimate of drug-likeness (QED) is 0.670. The Kier molecular flexibility index (Phi) is 6.38. The Hall–Kier alpha value is -3.07. The van der Waals surface area contributed by atoms with Gasteiger partial charge in [-0.05, 0) is 43.5 Å². The molecule has 154 valence electrons. The monoisotopic (exact) mass is 418 g/mol. The van der Waals surface area contributed by atoms with Crippen molar-refractivity contribution in [3.05, 3.63) is 39.8 Å². The number of fused-ring (bicyclic) bond motifs is 1. The van der Waals surface area contributed by atoms with Crippen molar-refractivity contribution in [2.45, 2.75) is 26.7 Å². The summed E-state index contributed by atoms with van der Waals surface area (Å²) in [5, 5.41) is 5.61. The fraction of sp³-hybridized carbons (Fsp3) is 0.350. The van der Waals surface area contributed by atoms with Crippen molar-refractivity contribution in [2.24, 2.45) is 0 Å². The first-order valence-corrected chi connectivity index (χ1v) is 9.97. The van der Waals surface area contributed by atoms with Crippen LogP contribution in [0.3, 0.4) is 0 Å². The maximum Gasteiger partial charge on any atom is 0.341 e. The molecule has 0 radical (unpaired) electrons. The van der Waals surface area contributed by atoms with Gasteiger partial charge in [-0.1, -0.05) is 6.07 Å². The third kappa shape index (κ3) is 4.51. The smallest absolute Gasteiger partial charge is 0.341 e. The van der Waals surface area contributed by atoms with E-state index in [1.165, 1.54) is 7.05 Å². The molecule has 0 unspecified atom stereocenters. The summed E-state index contributed by atoms with van der Waals surface area (Å²) in [6.45, 7) is 3.75. The maximum absolute atomic E-state index is 12.5. The van der Waals surface area contributed by atoms with Crippen LogP contribution in [0, 0.1) is 6.92 Å². The number of amides is 2. The third-order valence-electron chi connectivity index (χ3n) is 4.39. The Bertz CT molecular complexity index is 953. The van der Waals surface area contributed by atoms with Gasteiger partial charge in [0.15, 0.2) is 11.5 Å². The van der Waals surface area contributed by atoms with Gasteiger partial charge < -0.3 is 24.8 Å². The lowest BCUT2D eigenvalue weighted by Crippen LogP contribution is -2.18. The first kappa shape index (κ1) is 20.7. The van der Waals surface area contributed by atoms with Gasteiger partial charge in [-0.3, -0.25) is 9.59 Å². The van der Waals surface area contributed by atoms with Crippen LogP contribution in [0.1, 0.15) is 44.5 Å². The summed E-state index contributed by atoms with van der Waals surface area (Å²) >= 11 is 1.06. The largest absolute Gasteiger partial charge is 0.462 e. The van der Waals surface area contributed by atoms with Crippen molar-refractivity contribution in [1.82, 2.24) is 5.32 Å². The number of hydrogen-bond acceptors (Lipinski definition) is 7. The maximum atomic E-state index is 12.5. The second-order valence-corrected chi connectivity index (χ2v) is 7.32. The van der Waals surface area contributed by atoms with E-state index in [0.717, 1.165) is 16.9 Å². The van der Waals surface area contributed by atoms with E-state index in [1.54, 1.807) is 13.8 Å². The van der Waals surface area contributed by atoms with Crippen molar-refractivity contribution < 1.29 is 28.6 Å². The third-order valence-corrected chi connectivity index (χ3v) is 5.60. The molecule has 8 nitrogen and oxygen atoms in total. The molecule has 2 N–H and O–H groups in total. The Morgan fingerprint density at radius 2 is 1.97 bits per heavy atom. The lowest BCUT2D eigenvalue weighted by Gasteiger charge is -2.07. The summed E-state index contributed by atoms with van der Waals surface area (Å²) in [6, 6.07) is 5.54. The summed E-state index contributed by atoms with van der Waals surface area (Å²) in [6.07, 6.45) is 0.692. The number of esters is 1. The zero-order valence-corrected chi connectivity index (χ0v) is 17.2. The van der Waals surface area contributed by atoms with Gasteiger partial charge in [0.2, 0.25) is 12.7 Å². The molecule has 2 aromatic rings. The Labute approximate surface area is 172 Å². The van der Waals surface area contributed by atoms with Gasteiger partial charge in [0, 0.05) is 13.5 Å². The summed E-state index contributed by atoms with van der Waals surface area (Å²) < 4.78 is 15.7. The van der Waals surface area contributed by atoms with Crippen molar-refractivity contribution in [1.29, 1.82) is 0 Å². The molecule has 2 heterocycles. The summed E-state index contributed by atoms with van der Waals surface area (Å²) in [4.78, 5) is 37.3. The van der Waals surface area contributed by atoms with Crippen LogP contribution >= 0.6 is 11.3 Å². The van der Waals surface area contributed by atoms with Gasteiger partial charge >= 0.3 is 5.97 Å². The lowest BCUT2D eigenvalue weighted by molar-refractivity contribution is -0.116. The minimum absolute atomic E-state index is 0.195. The molecule has 0 saturated heterocycles. The molecule has 0 fully saturated rings. The predicted octanol–water partition coefficient (Wildman–Crippen LogP) is 2.89. The molecule has 2 amide bonds. The number of carbonyl (C=O) groups is 3. The minimum atomic E-state index is -0.567. The van der Waals surface area contributed by atoms with Gasteiger partial charge in [-0.15, -0.1) is 11.3 Å². The van der Waals surface area contributed by atoms with E-state index in [-0.39, 0.29) is 37.2 Å². The van der Waals surface area contributed by atoms with Crippen LogP contribution < -0.4 is 20.1 Å². The van der Waals surface area contributed by atoms with Crippen LogP contribution in [-0.2, 0) is 16.0 Å². The number of benzene rings is 1. The average Bonchev–Trinajstić information content (AvgIpc) is 3.29. The number of aryl methyl sites for hydroxylation is 1. The number of hydrogen-bond donors (Lipinski definition) is 2. The zero-order valence-electron chi connectivity index (χ0n) is 16.4.